The summed E-state index contributed by atoms with van der Waals surface area (Å²) in [7, 11) is 0. The summed E-state index contributed by atoms with van der Waals surface area (Å²) in [5.74, 6) is 0.131. The summed E-state index contributed by atoms with van der Waals surface area (Å²) in [5.41, 5.74) is 1.64. The molecule has 0 heterocycles. The Morgan fingerprint density at radius 2 is 1.94 bits per heavy atom. The van der Waals surface area contributed by atoms with Crippen molar-refractivity contribution in [3.63, 3.8) is 0 Å². The van der Waals surface area contributed by atoms with E-state index in [1.165, 1.54) is 19.3 Å². The number of rotatable bonds is 2. The zero-order chi connectivity index (χ0) is 13.0. The number of ketones is 1. The number of benzene rings is 1. The first kappa shape index (κ1) is 13.8. The molecule has 0 bridgehead atoms. The number of hydrogen-bond acceptors (Lipinski definition) is 1. The third-order valence-electron chi connectivity index (χ3n) is 3.26. The monoisotopic (exact) mass is 326 g/mol. The lowest BCUT2D eigenvalue weighted by molar-refractivity contribution is 0.102. The quantitative estimate of drug-likeness (QED) is 0.649. The Hall–Kier alpha value is -0.600. The summed E-state index contributed by atoms with van der Waals surface area (Å²) >= 11 is 9.38. The Labute approximate surface area is 121 Å². The van der Waals surface area contributed by atoms with Crippen molar-refractivity contribution in [2.24, 2.45) is 0 Å². The van der Waals surface area contributed by atoms with E-state index in [-0.39, 0.29) is 5.78 Å². The van der Waals surface area contributed by atoms with Gasteiger partial charge in [0.15, 0.2) is 5.78 Å². The first-order chi connectivity index (χ1) is 8.68. The average molecular weight is 328 g/mol. The van der Waals surface area contributed by atoms with E-state index in [2.05, 4.69) is 22.0 Å². The Morgan fingerprint density at radius 1 is 1.17 bits per heavy atom. The third-order valence-corrected chi connectivity index (χ3v) is 4.50. The molecule has 18 heavy (non-hydrogen) atoms. The second kappa shape index (κ2) is 6.53. The number of halogens is 2. The number of Topliss-reactive ketones (excluding diaryl/α,β-unsaturated/α-hetero) is 1. The van der Waals surface area contributed by atoms with Crippen LogP contribution in [0.5, 0.6) is 0 Å². The SMILES string of the molecule is O=C(/C1=C/CCCCCC1)c1ccc(Br)c(Cl)c1. The van der Waals surface area contributed by atoms with Gasteiger partial charge in [0.05, 0.1) is 5.02 Å². The Morgan fingerprint density at radius 3 is 2.72 bits per heavy atom. The Balaban J connectivity index is 2.21. The molecule has 1 aliphatic carbocycles. The predicted octanol–water partition coefficient (Wildman–Crippen LogP) is 5.57. The molecule has 0 unspecified atom stereocenters. The lowest BCUT2D eigenvalue weighted by Gasteiger charge is -2.11. The van der Waals surface area contributed by atoms with Crippen molar-refractivity contribution in [2.75, 3.05) is 0 Å². The molecule has 96 valence electrons. The van der Waals surface area contributed by atoms with Gasteiger partial charge < -0.3 is 0 Å². The number of carbonyl (C=O) groups excluding carboxylic acids is 1. The molecule has 0 aromatic heterocycles. The minimum Gasteiger partial charge on any atom is -0.289 e. The molecule has 0 spiro atoms. The molecule has 1 aromatic rings. The fourth-order valence-electron chi connectivity index (χ4n) is 2.22. The summed E-state index contributed by atoms with van der Waals surface area (Å²) in [6.07, 6.45) is 8.84. The lowest BCUT2D eigenvalue weighted by Crippen LogP contribution is -2.05. The molecule has 0 radical (unpaired) electrons. The molecule has 0 N–H and O–H groups in total. The van der Waals surface area contributed by atoms with Crippen LogP contribution >= 0.6 is 27.5 Å². The van der Waals surface area contributed by atoms with Crippen molar-refractivity contribution < 1.29 is 4.79 Å². The minimum atomic E-state index is 0.131. The van der Waals surface area contributed by atoms with Crippen LogP contribution in [0.25, 0.3) is 0 Å². The van der Waals surface area contributed by atoms with E-state index in [4.69, 9.17) is 11.6 Å². The van der Waals surface area contributed by atoms with Crippen LogP contribution in [0.4, 0.5) is 0 Å². The van der Waals surface area contributed by atoms with Gasteiger partial charge in [0, 0.05) is 10.0 Å². The molecule has 0 saturated heterocycles. The third kappa shape index (κ3) is 3.46. The molecule has 0 saturated carbocycles. The van der Waals surface area contributed by atoms with Gasteiger partial charge in [-0.2, -0.15) is 0 Å². The van der Waals surface area contributed by atoms with Gasteiger partial charge in [-0.15, -0.1) is 0 Å². The highest BCUT2D eigenvalue weighted by molar-refractivity contribution is 9.10. The second-order valence-corrected chi connectivity index (χ2v) is 5.90. The summed E-state index contributed by atoms with van der Waals surface area (Å²) in [6, 6.07) is 5.41. The van der Waals surface area contributed by atoms with Gasteiger partial charge in [0.2, 0.25) is 0 Å². The van der Waals surface area contributed by atoms with Crippen molar-refractivity contribution in [1.29, 1.82) is 0 Å². The van der Waals surface area contributed by atoms with Crippen molar-refractivity contribution >= 4 is 33.3 Å². The van der Waals surface area contributed by atoms with Crippen LogP contribution in [-0.4, -0.2) is 5.78 Å². The van der Waals surface area contributed by atoms with E-state index >= 15 is 0 Å². The largest absolute Gasteiger partial charge is 0.289 e. The molecule has 0 atom stereocenters. The molecule has 0 aliphatic heterocycles. The van der Waals surface area contributed by atoms with Crippen LogP contribution in [0.15, 0.2) is 34.3 Å². The molecular weight excluding hydrogens is 312 g/mol. The molecule has 0 amide bonds. The maximum atomic E-state index is 12.4. The molecular formula is C15H16BrClO. The van der Waals surface area contributed by atoms with Gasteiger partial charge in [-0.1, -0.05) is 30.5 Å². The van der Waals surface area contributed by atoms with Crippen LogP contribution < -0.4 is 0 Å². The maximum absolute atomic E-state index is 12.4. The van der Waals surface area contributed by atoms with Crippen LogP contribution in [0.3, 0.4) is 0 Å². The second-order valence-electron chi connectivity index (χ2n) is 4.64. The smallest absolute Gasteiger partial charge is 0.188 e. The van der Waals surface area contributed by atoms with Gasteiger partial charge >= 0.3 is 0 Å². The summed E-state index contributed by atoms with van der Waals surface area (Å²) < 4.78 is 0.826. The van der Waals surface area contributed by atoms with E-state index in [0.29, 0.717) is 10.6 Å². The van der Waals surface area contributed by atoms with Crippen LogP contribution in [-0.2, 0) is 0 Å². The van der Waals surface area contributed by atoms with E-state index in [1.807, 2.05) is 12.1 Å². The van der Waals surface area contributed by atoms with E-state index in [1.54, 1.807) is 6.07 Å². The van der Waals surface area contributed by atoms with Gasteiger partial charge in [-0.25, -0.2) is 0 Å². The zero-order valence-electron chi connectivity index (χ0n) is 10.2. The molecule has 1 aliphatic rings. The van der Waals surface area contributed by atoms with Crippen LogP contribution in [0, 0.1) is 0 Å². The Bertz CT molecular complexity index is 479. The Kier molecular flexibility index (Phi) is 5.02. The number of hydrogen-bond donors (Lipinski definition) is 0. The van der Waals surface area contributed by atoms with Crippen molar-refractivity contribution in [1.82, 2.24) is 0 Å². The standard InChI is InChI=1S/C15H16BrClO/c16-13-9-8-12(10-14(13)17)15(18)11-6-4-2-1-3-5-7-11/h6,8-10H,1-5,7H2/b11-6+. The molecule has 3 heteroatoms. The maximum Gasteiger partial charge on any atom is 0.188 e. The number of carbonyl (C=O) groups is 1. The van der Waals surface area contributed by atoms with Gasteiger partial charge in [-0.3, -0.25) is 4.79 Å². The molecule has 1 aromatic carbocycles. The lowest BCUT2D eigenvalue weighted by atomic mass is 9.94. The van der Waals surface area contributed by atoms with Crippen LogP contribution in [0.1, 0.15) is 48.9 Å². The molecule has 1 nitrogen and oxygen atoms in total. The fraction of sp³-hybridized carbons (Fsp3) is 0.400. The number of allylic oxidation sites excluding steroid dienone is 2. The van der Waals surface area contributed by atoms with Gasteiger partial charge in [0.25, 0.3) is 0 Å². The minimum absolute atomic E-state index is 0.131. The normalized spacial score (nSPS) is 19.6. The average Bonchev–Trinajstić information content (AvgIpc) is 2.31. The highest BCUT2D eigenvalue weighted by Crippen LogP contribution is 2.26. The summed E-state index contributed by atoms with van der Waals surface area (Å²) in [5, 5.41) is 0.590. The van der Waals surface area contributed by atoms with Crippen molar-refractivity contribution in [2.45, 2.75) is 38.5 Å². The van der Waals surface area contributed by atoms with Gasteiger partial charge in [-0.05, 0) is 65.4 Å². The van der Waals surface area contributed by atoms with Crippen LogP contribution in [0.2, 0.25) is 5.02 Å². The first-order valence-electron chi connectivity index (χ1n) is 6.37. The van der Waals surface area contributed by atoms with Crippen molar-refractivity contribution in [3.05, 3.63) is 44.9 Å². The topological polar surface area (TPSA) is 17.1 Å². The predicted molar refractivity (Wildman–Crippen MR) is 79.3 cm³/mol. The zero-order valence-corrected chi connectivity index (χ0v) is 12.6. The highest BCUT2D eigenvalue weighted by Gasteiger charge is 2.14. The summed E-state index contributed by atoms with van der Waals surface area (Å²) in [4.78, 5) is 12.4. The molecule has 0 fully saturated rings. The summed E-state index contributed by atoms with van der Waals surface area (Å²) in [6.45, 7) is 0. The highest BCUT2D eigenvalue weighted by atomic mass is 79.9. The van der Waals surface area contributed by atoms with Gasteiger partial charge in [0.1, 0.15) is 0 Å². The van der Waals surface area contributed by atoms with E-state index in [0.717, 1.165) is 29.3 Å². The fourth-order valence-corrected chi connectivity index (χ4v) is 2.65. The van der Waals surface area contributed by atoms with E-state index < -0.39 is 0 Å². The van der Waals surface area contributed by atoms with Crippen molar-refractivity contribution in [3.8, 4) is 0 Å². The first-order valence-corrected chi connectivity index (χ1v) is 7.54. The molecule has 2 rings (SSSR count). The van der Waals surface area contributed by atoms with E-state index in [9.17, 15) is 4.79 Å².